The van der Waals surface area contributed by atoms with Gasteiger partial charge in [0, 0.05) is 42.7 Å². The Hall–Kier alpha value is -4.14. The summed E-state index contributed by atoms with van der Waals surface area (Å²) in [5.74, 6) is 2.17. The molecule has 2 aromatic carbocycles. The zero-order valence-electron chi connectivity index (χ0n) is 20.7. The van der Waals surface area contributed by atoms with Crippen LogP contribution >= 0.6 is 0 Å². The van der Waals surface area contributed by atoms with E-state index < -0.39 is 0 Å². The summed E-state index contributed by atoms with van der Waals surface area (Å²) in [5, 5.41) is 8.15. The van der Waals surface area contributed by atoms with Gasteiger partial charge in [0.05, 0.1) is 14.2 Å². The molecular weight excluding hydrogens is 458 g/mol. The summed E-state index contributed by atoms with van der Waals surface area (Å²) in [6.07, 6.45) is 2.95. The summed E-state index contributed by atoms with van der Waals surface area (Å²) in [5.41, 5.74) is 4.23. The molecule has 1 aliphatic heterocycles. The first-order chi connectivity index (χ1) is 17.6. The summed E-state index contributed by atoms with van der Waals surface area (Å²) < 4.78 is 16.2. The first-order valence-electron chi connectivity index (χ1n) is 12.0. The van der Waals surface area contributed by atoms with Crippen molar-refractivity contribution in [1.82, 2.24) is 20.4 Å². The van der Waals surface area contributed by atoms with Gasteiger partial charge in [-0.15, -0.1) is 0 Å². The van der Waals surface area contributed by atoms with Crippen LogP contribution in [0.15, 0.2) is 53.3 Å². The molecule has 9 nitrogen and oxygen atoms in total. The van der Waals surface area contributed by atoms with E-state index in [0.717, 1.165) is 40.9 Å². The number of ether oxygens (including phenoxy) is 2. The number of methoxy groups -OCH3 is 2. The van der Waals surface area contributed by atoms with Gasteiger partial charge < -0.3 is 24.2 Å². The molecule has 186 valence electrons. The number of piperidine rings is 1. The minimum absolute atomic E-state index is 0.0469. The number of carbonyl (C=O) groups excluding carboxylic acids is 1. The lowest BCUT2D eigenvalue weighted by atomic mass is 9.95. The normalized spacial score (nSPS) is 14.1. The maximum Gasteiger partial charge on any atom is 0.263 e. The Kier molecular flexibility index (Phi) is 6.71. The van der Waals surface area contributed by atoms with Crippen LogP contribution < -0.4 is 19.7 Å². The number of nitrogens with one attached hydrogen (secondary N) is 1. The standard InChI is InChI=1S/C27H29N5O4/c1-17-4-6-18(7-5-17)24-23-25(29-16-30-27(23)36-31-24)32-12-10-19(11-13-32)26(33)28-15-20-8-9-21(34-2)14-22(20)35-3/h4-9,14,16,19H,10-13,15H2,1-3H3,(H,28,33). The topological polar surface area (TPSA) is 103 Å². The molecule has 4 aromatic rings. The van der Waals surface area contributed by atoms with E-state index in [9.17, 15) is 4.79 Å². The highest BCUT2D eigenvalue weighted by molar-refractivity contribution is 5.98. The second kappa shape index (κ2) is 10.2. The van der Waals surface area contributed by atoms with Crippen LogP contribution in [0.4, 0.5) is 5.82 Å². The van der Waals surface area contributed by atoms with Crippen molar-refractivity contribution in [2.24, 2.45) is 5.92 Å². The molecule has 0 saturated carbocycles. The van der Waals surface area contributed by atoms with Crippen molar-refractivity contribution in [2.45, 2.75) is 26.3 Å². The number of hydrogen-bond acceptors (Lipinski definition) is 8. The van der Waals surface area contributed by atoms with Crippen LogP contribution in [0.1, 0.15) is 24.0 Å². The minimum Gasteiger partial charge on any atom is -0.497 e. The molecule has 1 aliphatic rings. The predicted octanol–water partition coefficient (Wildman–Crippen LogP) is 4.14. The number of hydrogen-bond donors (Lipinski definition) is 1. The number of aryl methyl sites for hydroxylation is 1. The lowest BCUT2D eigenvalue weighted by Gasteiger charge is -2.32. The second-order valence-corrected chi connectivity index (χ2v) is 8.93. The molecule has 3 heterocycles. The lowest BCUT2D eigenvalue weighted by molar-refractivity contribution is -0.125. The Balaban J connectivity index is 1.26. The molecule has 9 heteroatoms. The molecule has 5 rings (SSSR count). The third-order valence-corrected chi connectivity index (χ3v) is 6.69. The summed E-state index contributed by atoms with van der Waals surface area (Å²) >= 11 is 0. The van der Waals surface area contributed by atoms with E-state index in [1.54, 1.807) is 14.2 Å². The molecule has 0 atom stereocenters. The number of amides is 1. The zero-order chi connectivity index (χ0) is 25.1. The highest BCUT2D eigenvalue weighted by Gasteiger charge is 2.28. The quantitative estimate of drug-likeness (QED) is 0.415. The largest absolute Gasteiger partial charge is 0.497 e. The van der Waals surface area contributed by atoms with Crippen molar-refractivity contribution in [2.75, 3.05) is 32.2 Å². The maximum absolute atomic E-state index is 12.9. The smallest absolute Gasteiger partial charge is 0.263 e. The number of carbonyl (C=O) groups is 1. The predicted molar refractivity (Wildman–Crippen MR) is 136 cm³/mol. The van der Waals surface area contributed by atoms with Crippen molar-refractivity contribution in [3.63, 3.8) is 0 Å². The molecule has 1 amide bonds. The molecular formula is C27H29N5O4. The van der Waals surface area contributed by atoms with Crippen molar-refractivity contribution in [3.8, 4) is 22.8 Å². The molecule has 1 N–H and O–H groups in total. The summed E-state index contributed by atoms with van der Waals surface area (Å²) in [6.45, 7) is 3.86. The highest BCUT2D eigenvalue weighted by Crippen LogP contribution is 2.35. The summed E-state index contributed by atoms with van der Waals surface area (Å²) in [4.78, 5) is 24.0. The minimum atomic E-state index is -0.0677. The number of fused-ring (bicyclic) bond motifs is 1. The molecule has 0 spiro atoms. The van der Waals surface area contributed by atoms with Crippen LogP contribution in [0.25, 0.3) is 22.4 Å². The van der Waals surface area contributed by atoms with E-state index in [1.807, 2.05) is 49.4 Å². The molecule has 0 radical (unpaired) electrons. The molecule has 0 unspecified atom stereocenters. The van der Waals surface area contributed by atoms with Crippen LogP contribution in [0, 0.1) is 12.8 Å². The van der Waals surface area contributed by atoms with E-state index in [-0.39, 0.29) is 11.8 Å². The molecule has 1 saturated heterocycles. The number of rotatable bonds is 7. The average Bonchev–Trinajstić information content (AvgIpc) is 3.36. The molecule has 0 aliphatic carbocycles. The Bertz CT molecular complexity index is 1360. The van der Waals surface area contributed by atoms with Crippen LogP contribution in [-0.2, 0) is 11.3 Å². The summed E-state index contributed by atoms with van der Waals surface area (Å²) in [6, 6.07) is 13.7. The van der Waals surface area contributed by atoms with Gasteiger partial charge in [0.25, 0.3) is 5.71 Å². The van der Waals surface area contributed by atoms with Crippen LogP contribution in [-0.4, -0.2) is 48.3 Å². The number of aromatic nitrogens is 3. The Labute approximate surface area is 209 Å². The molecule has 36 heavy (non-hydrogen) atoms. The van der Waals surface area contributed by atoms with Gasteiger partial charge in [0.15, 0.2) is 0 Å². The Morgan fingerprint density at radius 1 is 1.08 bits per heavy atom. The van der Waals surface area contributed by atoms with E-state index in [2.05, 4.69) is 25.3 Å². The third-order valence-electron chi connectivity index (χ3n) is 6.69. The maximum atomic E-state index is 12.9. The highest BCUT2D eigenvalue weighted by atomic mass is 16.5. The van der Waals surface area contributed by atoms with Gasteiger partial charge in [0.2, 0.25) is 5.91 Å². The van der Waals surface area contributed by atoms with Gasteiger partial charge in [-0.1, -0.05) is 35.0 Å². The average molecular weight is 488 g/mol. The van der Waals surface area contributed by atoms with Gasteiger partial charge >= 0.3 is 0 Å². The van der Waals surface area contributed by atoms with Crippen molar-refractivity contribution in [3.05, 3.63) is 59.9 Å². The summed E-state index contributed by atoms with van der Waals surface area (Å²) in [7, 11) is 3.22. The molecule has 1 fully saturated rings. The van der Waals surface area contributed by atoms with Gasteiger partial charge in [-0.3, -0.25) is 4.79 Å². The van der Waals surface area contributed by atoms with Gasteiger partial charge in [0.1, 0.15) is 34.7 Å². The number of nitrogens with zero attached hydrogens (tertiary/aromatic N) is 4. The molecule has 0 bridgehead atoms. The van der Waals surface area contributed by atoms with E-state index >= 15 is 0 Å². The Morgan fingerprint density at radius 3 is 2.58 bits per heavy atom. The lowest BCUT2D eigenvalue weighted by Crippen LogP contribution is -2.40. The first-order valence-corrected chi connectivity index (χ1v) is 12.0. The van der Waals surface area contributed by atoms with Crippen molar-refractivity contribution < 1.29 is 18.8 Å². The van der Waals surface area contributed by atoms with Crippen molar-refractivity contribution in [1.29, 1.82) is 0 Å². The third kappa shape index (κ3) is 4.68. The van der Waals surface area contributed by atoms with Gasteiger partial charge in [-0.05, 0) is 31.9 Å². The Morgan fingerprint density at radius 2 is 1.86 bits per heavy atom. The van der Waals surface area contributed by atoms with Gasteiger partial charge in [-0.25, -0.2) is 4.98 Å². The fraction of sp³-hybridized carbons (Fsp3) is 0.333. The second-order valence-electron chi connectivity index (χ2n) is 8.93. The van der Waals surface area contributed by atoms with Gasteiger partial charge in [-0.2, -0.15) is 4.98 Å². The monoisotopic (exact) mass is 487 g/mol. The van der Waals surface area contributed by atoms with E-state index in [4.69, 9.17) is 14.0 Å². The van der Waals surface area contributed by atoms with Crippen LogP contribution in [0.3, 0.4) is 0 Å². The first kappa shape index (κ1) is 23.6. The van der Waals surface area contributed by atoms with E-state index in [0.29, 0.717) is 36.8 Å². The fourth-order valence-corrected chi connectivity index (χ4v) is 4.60. The molecule has 2 aromatic heterocycles. The number of anilines is 1. The van der Waals surface area contributed by atoms with Crippen molar-refractivity contribution >= 4 is 22.8 Å². The number of benzene rings is 2. The van der Waals surface area contributed by atoms with E-state index in [1.165, 1.54) is 11.9 Å². The van der Waals surface area contributed by atoms with Crippen LogP contribution in [0.5, 0.6) is 11.5 Å². The SMILES string of the molecule is COc1ccc(CNC(=O)C2CCN(c3ncnc4onc(-c5ccc(C)cc5)c34)CC2)c(OC)c1. The zero-order valence-corrected chi connectivity index (χ0v) is 20.7. The fourth-order valence-electron chi connectivity index (χ4n) is 4.60. The van der Waals surface area contributed by atoms with Crippen LogP contribution in [0.2, 0.25) is 0 Å².